The molecule has 0 saturated heterocycles. The molecule has 0 amide bonds. The number of fused-ring (bicyclic) bond motifs is 4. The van der Waals surface area contributed by atoms with Crippen LogP contribution in [-0.2, 0) is 0 Å². The molecule has 0 radical (unpaired) electrons. The van der Waals surface area contributed by atoms with E-state index in [0.29, 0.717) is 0 Å². The summed E-state index contributed by atoms with van der Waals surface area (Å²) in [7, 11) is 0. The highest BCUT2D eigenvalue weighted by atomic mass is 14.7. The summed E-state index contributed by atoms with van der Waals surface area (Å²) in [5.41, 5.74) is 10.6. The summed E-state index contributed by atoms with van der Waals surface area (Å²) in [6.45, 7) is 0. The van der Waals surface area contributed by atoms with Gasteiger partial charge in [-0.25, -0.2) is 0 Å². The summed E-state index contributed by atoms with van der Waals surface area (Å²) in [5.74, 6) is 0. The van der Waals surface area contributed by atoms with E-state index in [4.69, 9.17) is 4.98 Å². The number of nitrogens with zero attached hydrogens (tertiary/aromatic N) is 1. The van der Waals surface area contributed by atoms with Crippen molar-refractivity contribution in [1.82, 2.24) is 4.98 Å². The minimum absolute atomic E-state index is 1.02. The quantitative estimate of drug-likeness (QED) is 0.188. The monoisotopic (exact) mass is 583 g/mol. The second kappa shape index (κ2) is 10.8. The van der Waals surface area contributed by atoms with Crippen molar-refractivity contribution in [3.8, 4) is 44.5 Å². The minimum atomic E-state index is 1.02. The first-order chi connectivity index (χ1) is 22.8. The Kier molecular flexibility index (Phi) is 6.21. The lowest BCUT2D eigenvalue weighted by atomic mass is 9.86. The highest BCUT2D eigenvalue weighted by Crippen LogP contribution is 2.44. The zero-order chi connectivity index (χ0) is 30.5. The first kappa shape index (κ1) is 26.4. The summed E-state index contributed by atoms with van der Waals surface area (Å²) >= 11 is 0. The lowest BCUT2D eigenvalue weighted by molar-refractivity contribution is 1.42. The first-order valence-corrected chi connectivity index (χ1v) is 15.8. The maximum absolute atomic E-state index is 5.05. The third-order valence-corrected chi connectivity index (χ3v) is 9.25. The van der Waals surface area contributed by atoms with Crippen LogP contribution in [0.3, 0.4) is 0 Å². The van der Waals surface area contributed by atoms with Crippen LogP contribution in [0.4, 0.5) is 0 Å². The third kappa shape index (κ3) is 4.45. The van der Waals surface area contributed by atoms with E-state index in [2.05, 4.69) is 170 Å². The molecule has 1 heteroatoms. The summed E-state index contributed by atoms with van der Waals surface area (Å²) in [6.07, 6.45) is 1.92. The predicted molar refractivity (Wildman–Crippen MR) is 196 cm³/mol. The topological polar surface area (TPSA) is 12.9 Å². The van der Waals surface area contributed by atoms with Crippen molar-refractivity contribution in [2.75, 3.05) is 0 Å². The van der Waals surface area contributed by atoms with Gasteiger partial charge in [0.25, 0.3) is 0 Å². The molecule has 0 saturated carbocycles. The van der Waals surface area contributed by atoms with Crippen molar-refractivity contribution in [2.45, 2.75) is 0 Å². The Balaban J connectivity index is 1.24. The van der Waals surface area contributed by atoms with Gasteiger partial charge in [-0.1, -0.05) is 140 Å². The largest absolute Gasteiger partial charge is 0.256 e. The van der Waals surface area contributed by atoms with Crippen LogP contribution in [0.1, 0.15) is 0 Å². The van der Waals surface area contributed by atoms with E-state index in [1.54, 1.807) is 0 Å². The molecular formula is C45H29N. The average molecular weight is 584 g/mol. The van der Waals surface area contributed by atoms with E-state index in [9.17, 15) is 0 Å². The van der Waals surface area contributed by atoms with Crippen LogP contribution in [0, 0.1) is 0 Å². The minimum Gasteiger partial charge on any atom is -0.256 e. The molecule has 0 aliphatic rings. The highest BCUT2D eigenvalue weighted by Gasteiger charge is 2.18. The van der Waals surface area contributed by atoms with Crippen LogP contribution in [0.5, 0.6) is 0 Å². The Bertz CT molecular complexity index is 2360. The van der Waals surface area contributed by atoms with Gasteiger partial charge in [0.15, 0.2) is 0 Å². The van der Waals surface area contributed by atoms with Crippen molar-refractivity contribution in [3.05, 3.63) is 176 Å². The zero-order valence-electron chi connectivity index (χ0n) is 25.2. The second-order valence-electron chi connectivity index (χ2n) is 12.0. The fraction of sp³-hybridized carbons (Fsp3) is 0. The Labute approximate surface area is 268 Å². The van der Waals surface area contributed by atoms with E-state index in [-0.39, 0.29) is 0 Å². The molecule has 214 valence electrons. The fourth-order valence-corrected chi connectivity index (χ4v) is 7.05. The van der Waals surface area contributed by atoms with Gasteiger partial charge in [-0.2, -0.15) is 0 Å². The smallest absolute Gasteiger partial charge is 0.0792 e. The van der Waals surface area contributed by atoms with Crippen LogP contribution >= 0.6 is 0 Å². The summed E-state index contributed by atoms with van der Waals surface area (Å²) in [4.78, 5) is 5.05. The Morgan fingerprint density at radius 3 is 1.35 bits per heavy atom. The van der Waals surface area contributed by atoms with Gasteiger partial charge in [0.2, 0.25) is 0 Å². The van der Waals surface area contributed by atoms with E-state index in [1.165, 1.54) is 76.8 Å². The molecule has 1 nitrogen and oxygen atoms in total. The lowest BCUT2D eigenvalue weighted by Gasteiger charge is -2.18. The SMILES string of the molecule is c1cc(-c2ccc3ccccc3c2)cc(-c2c3ccccc3c(-c3cccc(-c4ccc5ccccc5c4)c3)c3ncccc23)c1. The highest BCUT2D eigenvalue weighted by molar-refractivity contribution is 6.20. The van der Waals surface area contributed by atoms with Crippen LogP contribution in [0.25, 0.3) is 87.7 Å². The van der Waals surface area contributed by atoms with Gasteiger partial charge in [-0.15, -0.1) is 0 Å². The summed E-state index contributed by atoms with van der Waals surface area (Å²) in [5, 5.41) is 8.59. The number of rotatable bonds is 4. The number of hydrogen-bond acceptors (Lipinski definition) is 1. The Morgan fingerprint density at radius 1 is 0.283 bits per heavy atom. The molecule has 0 aliphatic carbocycles. The molecule has 0 unspecified atom stereocenters. The second-order valence-corrected chi connectivity index (χ2v) is 12.0. The fourth-order valence-electron chi connectivity index (χ4n) is 7.05. The maximum atomic E-state index is 5.05. The number of hydrogen-bond donors (Lipinski definition) is 0. The van der Waals surface area contributed by atoms with Gasteiger partial charge in [0.1, 0.15) is 0 Å². The molecule has 0 fully saturated rings. The van der Waals surface area contributed by atoms with Crippen molar-refractivity contribution in [2.24, 2.45) is 0 Å². The van der Waals surface area contributed by atoms with E-state index in [0.717, 1.165) is 10.9 Å². The molecule has 0 N–H and O–H groups in total. The Morgan fingerprint density at radius 2 is 0.739 bits per heavy atom. The number of aromatic nitrogens is 1. The molecule has 9 aromatic rings. The molecular weight excluding hydrogens is 555 g/mol. The van der Waals surface area contributed by atoms with Crippen molar-refractivity contribution in [1.29, 1.82) is 0 Å². The lowest BCUT2D eigenvalue weighted by Crippen LogP contribution is -1.93. The zero-order valence-corrected chi connectivity index (χ0v) is 25.2. The standard InChI is InChI=1S/C45H29N/c1-3-12-32-26-36(23-21-30(32)10-1)34-14-7-16-38(28-34)43-40-18-5-6-19-41(40)44(45-42(43)20-9-25-46-45)39-17-8-15-35(29-39)37-24-22-31-11-2-4-13-33(31)27-37/h1-29H. The average Bonchev–Trinajstić information content (AvgIpc) is 3.13. The van der Waals surface area contributed by atoms with E-state index in [1.807, 2.05) is 6.20 Å². The molecule has 8 aromatic carbocycles. The van der Waals surface area contributed by atoms with E-state index < -0.39 is 0 Å². The third-order valence-electron chi connectivity index (χ3n) is 9.25. The van der Waals surface area contributed by atoms with Gasteiger partial charge in [0, 0.05) is 17.1 Å². The van der Waals surface area contributed by atoms with Crippen molar-refractivity contribution in [3.63, 3.8) is 0 Å². The number of pyridine rings is 1. The van der Waals surface area contributed by atoms with Gasteiger partial charge < -0.3 is 0 Å². The van der Waals surface area contributed by atoms with Gasteiger partial charge in [-0.3, -0.25) is 4.98 Å². The van der Waals surface area contributed by atoms with Crippen LogP contribution in [0.2, 0.25) is 0 Å². The number of benzene rings is 8. The van der Waals surface area contributed by atoms with Gasteiger partial charge in [0.05, 0.1) is 5.52 Å². The molecule has 46 heavy (non-hydrogen) atoms. The van der Waals surface area contributed by atoms with Crippen LogP contribution in [-0.4, -0.2) is 4.98 Å². The van der Waals surface area contributed by atoms with Gasteiger partial charge >= 0.3 is 0 Å². The molecule has 0 bridgehead atoms. The maximum Gasteiger partial charge on any atom is 0.0792 e. The van der Waals surface area contributed by atoms with Crippen LogP contribution < -0.4 is 0 Å². The predicted octanol–water partition coefficient (Wildman–Crippen LogP) is 12.4. The molecule has 1 aromatic heterocycles. The van der Waals surface area contributed by atoms with Gasteiger partial charge in [-0.05, 0) is 102 Å². The van der Waals surface area contributed by atoms with Crippen LogP contribution in [0.15, 0.2) is 176 Å². The molecule has 9 rings (SSSR count). The van der Waals surface area contributed by atoms with E-state index >= 15 is 0 Å². The first-order valence-electron chi connectivity index (χ1n) is 15.8. The summed E-state index contributed by atoms with van der Waals surface area (Å²) < 4.78 is 0. The van der Waals surface area contributed by atoms with Crippen molar-refractivity contribution >= 4 is 43.2 Å². The Hall–Kier alpha value is -6.05. The molecule has 0 spiro atoms. The molecule has 1 heterocycles. The molecule has 0 atom stereocenters. The molecule has 0 aliphatic heterocycles. The van der Waals surface area contributed by atoms with Crippen molar-refractivity contribution < 1.29 is 0 Å². The normalized spacial score (nSPS) is 11.5. The summed E-state index contributed by atoms with van der Waals surface area (Å²) in [6, 6.07) is 61.5.